The Balaban J connectivity index is 2.60. The van der Waals surface area contributed by atoms with Gasteiger partial charge in [-0.3, -0.25) is 4.79 Å². The fourth-order valence-corrected chi connectivity index (χ4v) is 1.59. The smallest absolute Gasteiger partial charge is 0.133 e. The molecule has 1 rings (SSSR count). The molecule has 0 saturated heterocycles. The number of benzene rings is 1. The van der Waals surface area contributed by atoms with Crippen LogP contribution in [0.15, 0.2) is 30.3 Å². The minimum absolute atomic E-state index is 0.00736. The van der Waals surface area contributed by atoms with Crippen LogP contribution in [0.1, 0.15) is 25.3 Å². The second-order valence-electron chi connectivity index (χ2n) is 3.69. The maximum atomic E-state index is 11.3. The van der Waals surface area contributed by atoms with E-state index in [-0.39, 0.29) is 11.7 Å². The van der Waals surface area contributed by atoms with E-state index in [0.29, 0.717) is 12.8 Å². The minimum atomic E-state index is -0.00736. The Morgan fingerprint density at radius 3 is 2.60 bits per heavy atom. The van der Waals surface area contributed by atoms with Gasteiger partial charge in [0.05, 0.1) is 6.07 Å². The SMILES string of the molecule is CC(=O)C(CCC#N)Cc1ccccc1. The summed E-state index contributed by atoms with van der Waals surface area (Å²) >= 11 is 0. The van der Waals surface area contributed by atoms with E-state index >= 15 is 0 Å². The minimum Gasteiger partial charge on any atom is -0.300 e. The lowest BCUT2D eigenvalue weighted by Gasteiger charge is -2.11. The van der Waals surface area contributed by atoms with Gasteiger partial charge in [-0.15, -0.1) is 0 Å². The van der Waals surface area contributed by atoms with Gasteiger partial charge in [-0.25, -0.2) is 0 Å². The summed E-state index contributed by atoms with van der Waals surface area (Å²) in [5, 5.41) is 8.50. The molecule has 0 aromatic heterocycles. The van der Waals surface area contributed by atoms with Gasteiger partial charge in [0.15, 0.2) is 0 Å². The van der Waals surface area contributed by atoms with Gasteiger partial charge in [-0.1, -0.05) is 30.3 Å². The molecule has 0 saturated carbocycles. The molecule has 0 N–H and O–H groups in total. The van der Waals surface area contributed by atoms with Crippen LogP contribution in [0.5, 0.6) is 0 Å². The standard InChI is InChI=1S/C13H15NO/c1-11(15)13(8-5-9-14)10-12-6-3-2-4-7-12/h2-4,6-7,13H,5,8,10H2,1H3. The molecule has 2 nitrogen and oxygen atoms in total. The van der Waals surface area contributed by atoms with Crippen molar-refractivity contribution < 1.29 is 4.79 Å². The number of hydrogen-bond donors (Lipinski definition) is 0. The van der Waals surface area contributed by atoms with Crippen LogP contribution < -0.4 is 0 Å². The van der Waals surface area contributed by atoms with Crippen molar-refractivity contribution in [3.63, 3.8) is 0 Å². The average molecular weight is 201 g/mol. The molecule has 2 heteroatoms. The van der Waals surface area contributed by atoms with Crippen molar-refractivity contribution in [2.75, 3.05) is 0 Å². The summed E-state index contributed by atoms with van der Waals surface area (Å²) in [6.45, 7) is 1.60. The third-order valence-electron chi connectivity index (χ3n) is 2.50. The maximum Gasteiger partial charge on any atom is 0.133 e. The highest BCUT2D eigenvalue weighted by atomic mass is 16.1. The van der Waals surface area contributed by atoms with Crippen LogP contribution in [0, 0.1) is 17.2 Å². The number of ketones is 1. The van der Waals surface area contributed by atoms with Gasteiger partial charge < -0.3 is 0 Å². The van der Waals surface area contributed by atoms with Crippen LogP contribution in [0.3, 0.4) is 0 Å². The highest BCUT2D eigenvalue weighted by Crippen LogP contribution is 2.14. The summed E-state index contributed by atoms with van der Waals surface area (Å²) in [6, 6.07) is 12.0. The molecule has 0 fully saturated rings. The fraction of sp³-hybridized carbons (Fsp3) is 0.385. The molecular formula is C13H15NO. The first-order valence-electron chi connectivity index (χ1n) is 5.15. The van der Waals surface area contributed by atoms with Crippen LogP contribution >= 0.6 is 0 Å². The van der Waals surface area contributed by atoms with Crippen molar-refractivity contribution in [2.45, 2.75) is 26.2 Å². The van der Waals surface area contributed by atoms with Gasteiger partial charge in [-0.2, -0.15) is 5.26 Å². The fourth-order valence-electron chi connectivity index (χ4n) is 1.59. The van der Waals surface area contributed by atoms with Crippen molar-refractivity contribution >= 4 is 5.78 Å². The van der Waals surface area contributed by atoms with Crippen molar-refractivity contribution in [1.82, 2.24) is 0 Å². The van der Waals surface area contributed by atoms with E-state index in [4.69, 9.17) is 5.26 Å². The molecular weight excluding hydrogens is 186 g/mol. The normalized spacial score (nSPS) is 11.7. The predicted octanol–water partition coefficient (Wildman–Crippen LogP) is 2.74. The molecule has 0 aliphatic heterocycles. The number of nitrogens with zero attached hydrogens (tertiary/aromatic N) is 1. The Bertz CT molecular complexity index is 351. The molecule has 0 spiro atoms. The lowest BCUT2D eigenvalue weighted by Crippen LogP contribution is -2.13. The highest BCUT2D eigenvalue weighted by Gasteiger charge is 2.14. The second-order valence-corrected chi connectivity index (χ2v) is 3.69. The number of nitriles is 1. The van der Waals surface area contributed by atoms with Crippen LogP contribution in [0.25, 0.3) is 0 Å². The van der Waals surface area contributed by atoms with Crippen molar-refractivity contribution in [3.05, 3.63) is 35.9 Å². The third kappa shape index (κ3) is 3.95. The molecule has 78 valence electrons. The van der Waals surface area contributed by atoms with Gasteiger partial charge in [-0.05, 0) is 25.3 Å². The lowest BCUT2D eigenvalue weighted by molar-refractivity contribution is -0.120. The Kier molecular flexibility index (Phi) is 4.56. The molecule has 0 aliphatic rings. The Labute approximate surface area is 90.5 Å². The van der Waals surface area contributed by atoms with Gasteiger partial charge in [0.2, 0.25) is 0 Å². The van der Waals surface area contributed by atoms with E-state index in [0.717, 1.165) is 12.0 Å². The third-order valence-corrected chi connectivity index (χ3v) is 2.50. The van der Waals surface area contributed by atoms with E-state index in [2.05, 4.69) is 6.07 Å². The molecule has 1 unspecified atom stereocenters. The quantitative estimate of drug-likeness (QED) is 0.735. The molecule has 1 aromatic carbocycles. The predicted molar refractivity (Wildman–Crippen MR) is 59.2 cm³/mol. The first-order valence-corrected chi connectivity index (χ1v) is 5.15. The van der Waals surface area contributed by atoms with Crippen LogP contribution in [0.4, 0.5) is 0 Å². The first kappa shape index (κ1) is 11.5. The van der Waals surface area contributed by atoms with Gasteiger partial charge in [0.25, 0.3) is 0 Å². The monoisotopic (exact) mass is 201 g/mol. The Morgan fingerprint density at radius 2 is 2.07 bits per heavy atom. The van der Waals surface area contributed by atoms with E-state index in [1.54, 1.807) is 6.92 Å². The van der Waals surface area contributed by atoms with Crippen LogP contribution in [-0.2, 0) is 11.2 Å². The molecule has 0 bridgehead atoms. The second kappa shape index (κ2) is 5.98. The zero-order valence-electron chi connectivity index (χ0n) is 8.94. The van der Waals surface area contributed by atoms with Gasteiger partial charge in [0, 0.05) is 12.3 Å². The van der Waals surface area contributed by atoms with Crippen molar-refractivity contribution in [2.24, 2.45) is 5.92 Å². The van der Waals surface area contributed by atoms with E-state index in [1.165, 1.54) is 0 Å². The number of carbonyl (C=O) groups is 1. The summed E-state index contributed by atoms with van der Waals surface area (Å²) in [7, 11) is 0. The summed E-state index contributed by atoms with van der Waals surface area (Å²) in [5.41, 5.74) is 1.16. The molecule has 0 radical (unpaired) electrons. The summed E-state index contributed by atoms with van der Waals surface area (Å²) < 4.78 is 0. The molecule has 0 aliphatic carbocycles. The van der Waals surface area contributed by atoms with Crippen molar-refractivity contribution in [1.29, 1.82) is 5.26 Å². The van der Waals surface area contributed by atoms with Crippen LogP contribution in [0.2, 0.25) is 0 Å². The summed E-state index contributed by atoms with van der Waals surface area (Å²) in [6.07, 6.45) is 1.87. The largest absolute Gasteiger partial charge is 0.300 e. The molecule has 1 atom stereocenters. The Hall–Kier alpha value is -1.62. The van der Waals surface area contributed by atoms with E-state index in [1.807, 2.05) is 30.3 Å². The molecule has 0 amide bonds. The van der Waals surface area contributed by atoms with Crippen LogP contribution in [-0.4, -0.2) is 5.78 Å². The zero-order chi connectivity index (χ0) is 11.1. The summed E-state index contributed by atoms with van der Waals surface area (Å²) in [5.74, 6) is 0.168. The molecule has 1 aromatic rings. The highest BCUT2D eigenvalue weighted by molar-refractivity contribution is 5.78. The van der Waals surface area contributed by atoms with E-state index in [9.17, 15) is 4.79 Å². The number of carbonyl (C=O) groups excluding carboxylic acids is 1. The molecule has 15 heavy (non-hydrogen) atoms. The van der Waals surface area contributed by atoms with Crippen molar-refractivity contribution in [3.8, 4) is 6.07 Å². The topological polar surface area (TPSA) is 40.9 Å². The average Bonchev–Trinajstić information content (AvgIpc) is 2.25. The zero-order valence-corrected chi connectivity index (χ0v) is 8.94. The lowest BCUT2D eigenvalue weighted by atomic mass is 9.92. The van der Waals surface area contributed by atoms with E-state index < -0.39 is 0 Å². The van der Waals surface area contributed by atoms with Gasteiger partial charge >= 0.3 is 0 Å². The number of rotatable bonds is 5. The molecule has 0 heterocycles. The maximum absolute atomic E-state index is 11.3. The number of Topliss-reactive ketones (excluding diaryl/α,β-unsaturated/α-hetero) is 1. The first-order chi connectivity index (χ1) is 7.24. The Morgan fingerprint density at radius 1 is 1.40 bits per heavy atom. The summed E-state index contributed by atoms with van der Waals surface area (Å²) in [4.78, 5) is 11.3. The number of hydrogen-bond acceptors (Lipinski definition) is 2. The van der Waals surface area contributed by atoms with Gasteiger partial charge in [0.1, 0.15) is 5.78 Å².